The maximum Gasteiger partial charge on any atom is 0.0590 e. The van der Waals surface area contributed by atoms with E-state index in [4.69, 9.17) is 0 Å². The van der Waals surface area contributed by atoms with Crippen LogP contribution in [0.4, 0.5) is 0 Å². The molecular weight excluding hydrogens is 196 g/mol. The Bertz CT molecular complexity index is 295. The van der Waals surface area contributed by atoms with E-state index in [1.54, 1.807) is 0 Å². The summed E-state index contributed by atoms with van der Waals surface area (Å²) >= 11 is 0. The molecule has 1 aromatic carbocycles. The van der Waals surface area contributed by atoms with Crippen molar-refractivity contribution in [1.82, 2.24) is 10.0 Å². The fourth-order valence-corrected chi connectivity index (χ4v) is 1.78. The van der Waals surface area contributed by atoms with Crippen molar-refractivity contribution in [2.24, 2.45) is 0 Å². The van der Waals surface area contributed by atoms with Crippen LogP contribution in [-0.2, 0) is 6.54 Å². The smallest absolute Gasteiger partial charge is 0.0590 e. The lowest BCUT2D eigenvalue weighted by Gasteiger charge is -2.33. The van der Waals surface area contributed by atoms with Gasteiger partial charge in [0, 0.05) is 19.3 Å². The monoisotopic (exact) mass is 218 g/mol. The molecule has 0 saturated carbocycles. The van der Waals surface area contributed by atoms with E-state index in [0.717, 1.165) is 26.1 Å². The van der Waals surface area contributed by atoms with Crippen LogP contribution >= 0.6 is 0 Å². The Balaban J connectivity index is 2.63. The molecule has 0 spiro atoms. The normalized spacial score (nSPS) is 10.4. The van der Waals surface area contributed by atoms with Crippen LogP contribution in [0.2, 0.25) is 0 Å². The molecule has 0 bridgehead atoms. The summed E-state index contributed by atoms with van der Waals surface area (Å²) in [4.78, 5) is 0. The SMILES string of the molecule is C=CN(Cc1ccccc1)N(CC)CCC. The lowest BCUT2D eigenvalue weighted by Crippen LogP contribution is -2.38. The molecule has 2 nitrogen and oxygen atoms in total. The minimum atomic E-state index is 0.901. The molecule has 0 unspecified atom stereocenters. The zero-order chi connectivity index (χ0) is 11.8. The fraction of sp³-hybridized carbons (Fsp3) is 0.429. The van der Waals surface area contributed by atoms with Gasteiger partial charge in [-0.05, 0) is 12.0 Å². The molecule has 88 valence electrons. The number of rotatable bonds is 7. The zero-order valence-electron chi connectivity index (χ0n) is 10.4. The minimum absolute atomic E-state index is 0.901. The molecule has 0 aliphatic heterocycles. The van der Waals surface area contributed by atoms with Gasteiger partial charge in [0.2, 0.25) is 0 Å². The van der Waals surface area contributed by atoms with Gasteiger partial charge in [0.15, 0.2) is 0 Å². The summed E-state index contributed by atoms with van der Waals surface area (Å²) in [7, 11) is 0. The van der Waals surface area contributed by atoms with E-state index in [-0.39, 0.29) is 0 Å². The van der Waals surface area contributed by atoms with Crippen LogP contribution in [0.1, 0.15) is 25.8 Å². The average Bonchev–Trinajstić information content (AvgIpc) is 2.35. The van der Waals surface area contributed by atoms with E-state index >= 15 is 0 Å². The van der Waals surface area contributed by atoms with Crippen LogP contribution in [0.15, 0.2) is 43.1 Å². The molecule has 0 aliphatic carbocycles. The summed E-state index contributed by atoms with van der Waals surface area (Å²) in [6.45, 7) is 11.3. The largest absolute Gasteiger partial charge is 0.309 e. The highest BCUT2D eigenvalue weighted by Gasteiger charge is 2.08. The van der Waals surface area contributed by atoms with Crippen LogP contribution in [0.5, 0.6) is 0 Å². The third kappa shape index (κ3) is 3.70. The number of benzene rings is 1. The Labute approximate surface area is 99.2 Å². The Morgan fingerprint density at radius 1 is 1.19 bits per heavy atom. The van der Waals surface area contributed by atoms with Gasteiger partial charge in [-0.15, -0.1) is 0 Å². The van der Waals surface area contributed by atoms with E-state index in [2.05, 4.69) is 54.7 Å². The maximum atomic E-state index is 3.89. The zero-order valence-corrected chi connectivity index (χ0v) is 10.4. The summed E-state index contributed by atoms with van der Waals surface area (Å²) in [6, 6.07) is 10.5. The summed E-state index contributed by atoms with van der Waals surface area (Å²) in [6.07, 6.45) is 3.07. The highest BCUT2D eigenvalue weighted by Crippen LogP contribution is 2.08. The quantitative estimate of drug-likeness (QED) is 0.648. The van der Waals surface area contributed by atoms with Crippen molar-refractivity contribution in [3.8, 4) is 0 Å². The minimum Gasteiger partial charge on any atom is -0.309 e. The molecule has 0 aromatic heterocycles. The number of hydrazine groups is 1. The average molecular weight is 218 g/mol. The van der Waals surface area contributed by atoms with Crippen molar-refractivity contribution < 1.29 is 0 Å². The molecule has 0 atom stereocenters. The molecule has 0 amide bonds. The van der Waals surface area contributed by atoms with Gasteiger partial charge in [0.1, 0.15) is 0 Å². The summed E-state index contributed by atoms with van der Waals surface area (Å²) < 4.78 is 0. The topological polar surface area (TPSA) is 6.48 Å². The van der Waals surface area contributed by atoms with Crippen molar-refractivity contribution in [2.45, 2.75) is 26.8 Å². The van der Waals surface area contributed by atoms with Gasteiger partial charge in [-0.1, -0.05) is 50.8 Å². The fourth-order valence-electron chi connectivity index (χ4n) is 1.78. The van der Waals surface area contributed by atoms with E-state index in [1.165, 1.54) is 5.56 Å². The molecule has 1 aromatic rings. The Morgan fingerprint density at radius 2 is 1.88 bits per heavy atom. The van der Waals surface area contributed by atoms with E-state index in [0.29, 0.717) is 0 Å². The van der Waals surface area contributed by atoms with Crippen LogP contribution < -0.4 is 0 Å². The molecule has 0 radical (unpaired) electrons. The molecular formula is C14H22N2. The number of hydrogen-bond donors (Lipinski definition) is 0. The highest BCUT2D eigenvalue weighted by atomic mass is 15.6. The predicted octanol–water partition coefficient (Wildman–Crippen LogP) is 3.28. The Hall–Kier alpha value is -1.28. The Kier molecular flexibility index (Phi) is 5.65. The number of nitrogens with zero attached hydrogens (tertiary/aromatic N) is 2. The first kappa shape index (κ1) is 12.8. The predicted molar refractivity (Wildman–Crippen MR) is 69.7 cm³/mol. The Morgan fingerprint density at radius 3 is 2.38 bits per heavy atom. The molecule has 2 heteroatoms. The molecule has 1 rings (SSSR count). The molecule has 0 heterocycles. The van der Waals surface area contributed by atoms with Crippen LogP contribution in [0, 0.1) is 0 Å². The van der Waals surface area contributed by atoms with Gasteiger partial charge in [0.05, 0.1) is 6.54 Å². The number of hydrogen-bond acceptors (Lipinski definition) is 2. The third-order valence-corrected chi connectivity index (χ3v) is 2.61. The van der Waals surface area contributed by atoms with Crippen molar-refractivity contribution in [3.63, 3.8) is 0 Å². The van der Waals surface area contributed by atoms with Crippen LogP contribution in [0.3, 0.4) is 0 Å². The third-order valence-electron chi connectivity index (χ3n) is 2.61. The second-order valence-corrected chi connectivity index (χ2v) is 3.81. The second-order valence-electron chi connectivity index (χ2n) is 3.81. The lowest BCUT2D eigenvalue weighted by atomic mass is 10.2. The van der Waals surface area contributed by atoms with E-state index in [9.17, 15) is 0 Å². The summed E-state index contributed by atoms with van der Waals surface area (Å²) in [5, 5.41) is 4.51. The van der Waals surface area contributed by atoms with Crippen LogP contribution in [-0.4, -0.2) is 23.1 Å². The second kappa shape index (κ2) is 7.07. The molecule has 16 heavy (non-hydrogen) atoms. The maximum absolute atomic E-state index is 3.89. The van der Waals surface area contributed by atoms with Crippen molar-refractivity contribution >= 4 is 0 Å². The molecule has 0 fully saturated rings. The lowest BCUT2D eigenvalue weighted by molar-refractivity contribution is 0.0198. The summed E-state index contributed by atoms with van der Waals surface area (Å²) in [5.74, 6) is 0. The van der Waals surface area contributed by atoms with Gasteiger partial charge in [-0.25, -0.2) is 5.01 Å². The first-order valence-electron chi connectivity index (χ1n) is 5.99. The first-order valence-corrected chi connectivity index (χ1v) is 5.99. The van der Waals surface area contributed by atoms with Crippen molar-refractivity contribution in [1.29, 1.82) is 0 Å². The highest BCUT2D eigenvalue weighted by molar-refractivity contribution is 5.14. The summed E-state index contributed by atoms with van der Waals surface area (Å²) in [5.41, 5.74) is 1.32. The van der Waals surface area contributed by atoms with Gasteiger partial charge in [-0.2, -0.15) is 0 Å². The van der Waals surface area contributed by atoms with Gasteiger partial charge in [-0.3, -0.25) is 0 Å². The molecule has 0 saturated heterocycles. The molecule has 0 aliphatic rings. The van der Waals surface area contributed by atoms with Gasteiger partial charge >= 0.3 is 0 Å². The standard InChI is InChI=1S/C14H22N2/c1-4-12-15(5-2)16(6-3)13-14-10-8-7-9-11-14/h6-11H,3-5,12-13H2,1-2H3. The van der Waals surface area contributed by atoms with Gasteiger partial charge in [0.25, 0.3) is 0 Å². The van der Waals surface area contributed by atoms with Crippen molar-refractivity contribution in [3.05, 3.63) is 48.7 Å². The van der Waals surface area contributed by atoms with Crippen LogP contribution in [0.25, 0.3) is 0 Å². The van der Waals surface area contributed by atoms with Gasteiger partial charge < -0.3 is 5.01 Å². The van der Waals surface area contributed by atoms with E-state index < -0.39 is 0 Å². The first-order chi connectivity index (χ1) is 7.81. The van der Waals surface area contributed by atoms with E-state index in [1.807, 2.05) is 12.3 Å². The van der Waals surface area contributed by atoms with Crippen molar-refractivity contribution in [2.75, 3.05) is 13.1 Å². The molecule has 0 N–H and O–H groups in total.